The van der Waals surface area contributed by atoms with Crippen molar-refractivity contribution in [3.8, 4) is 5.75 Å². The third-order valence-corrected chi connectivity index (χ3v) is 2.55. The fourth-order valence-corrected chi connectivity index (χ4v) is 1.72. The molecule has 0 spiro atoms. The Kier molecular flexibility index (Phi) is 4.40. The zero-order valence-electron chi connectivity index (χ0n) is 9.69. The van der Waals surface area contributed by atoms with E-state index in [4.69, 9.17) is 0 Å². The number of carbonyl (C=O) groups is 1. The van der Waals surface area contributed by atoms with E-state index in [1.54, 1.807) is 0 Å². The highest BCUT2D eigenvalue weighted by molar-refractivity contribution is 7.91. The normalized spacial score (nSPS) is 12.0. The Morgan fingerprint density at radius 1 is 1.26 bits per heavy atom. The summed E-state index contributed by atoms with van der Waals surface area (Å²) < 4.78 is 60.9. The van der Waals surface area contributed by atoms with Crippen LogP contribution in [0, 0.1) is 0 Å². The minimum Gasteiger partial charge on any atom is -0.406 e. The Morgan fingerprint density at radius 2 is 1.79 bits per heavy atom. The van der Waals surface area contributed by atoms with Gasteiger partial charge < -0.3 is 10.1 Å². The first-order valence-corrected chi connectivity index (χ1v) is 6.95. The molecule has 106 valence electrons. The van der Waals surface area contributed by atoms with Crippen molar-refractivity contribution in [1.29, 1.82) is 0 Å². The van der Waals surface area contributed by atoms with Gasteiger partial charge in [0.05, 0.1) is 0 Å². The number of hydrogen-bond acceptors (Lipinski definition) is 4. The average Bonchev–Trinajstić information content (AvgIpc) is 2.15. The zero-order chi connectivity index (χ0) is 14.7. The van der Waals surface area contributed by atoms with Crippen molar-refractivity contribution in [1.82, 2.24) is 0 Å². The SMILES string of the molecule is CS(=O)(=O)CC(=O)Nc1ccc(OC(F)(F)F)cc1. The van der Waals surface area contributed by atoms with Crippen LogP contribution in [0.5, 0.6) is 5.75 Å². The summed E-state index contributed by atoms with van der Waals surface area (Å²) in [4.78, 5) is 11.2. The van der Waals surface area contributed by atoms with Crippen LogP contribution < -0.4 is 10.1 Å². The number of amides is 1. The molecular weight excluding hydrogens is 287 g/mol. The summed E-state index contributed by atoms with van der Waals surface area (Å²) in [6, 6.07) is 4.34. The van der Waals surface area contributed by atoms with Crippen molar-refractivity contribution in [3.63, 3.8) is 0 Å². The van der Waals surface area contributed by atoms with Crippen LogP contribution in [0.3, 0.4) is 0 Å². The van der Waals surface area contributed by atoms with Crippen molar-refractivity contribution >= 4 is 21.4 Å². The van der Waals surface area contributed by atoms with Gasteiger partial charge in [0.15, 0.2) is 9.84 Å². The number of benzene rings is 1. The summed E-state index contributed by atoms with van der Waals surface area (Å²) in [6.07, 6.45) is -3.89. The Morgan fingerprint density at radius 3 is 2.21 bits per heavy atom. The summed E-state index contributed by atoms with van der Waals surface area (Å²) in [6.45, 7) is 0. The van der Waals surface area contributed by atoms with Crippen molar-refractivity contribution in [2.24, 2.45) is 0 Å². The Hall–Kier alpha value is -1.77. The van der Waals surface area contributed by atoms with Gasteiger partial charge in [0, 0.05) is 11.9 Å². The summed E-state index contributed by atoms with van der Waals surface area (Å²) in [7, 11) is -3.46. The number of hydrogen-bond donors (Lipinski definition) is 1. The predicted molar refractivity (Wildman–Crippen MR) is 61.5 cm³/mol. The zero-order valence-corrected chi connectivity index (χ0v) is 10.5. The Balaban J connectivity index is 2.65. The average molecular weight is 297 g/mol. The number of halogens is 3. The maximum absolute atomic E-state index is 11.9. The Bertz CT molecular complexity index is 551. The molecule has 9 heteroatoms. The molecule has 1 aromatic carbocycles. The second-order valence-corrected chi connectivity index (χ2v) is 5.83. The fourth-order valence-electron chi connectivity index (χ4n) is 1.18. The quantitative estimate of drug-likeness (QED) is 0.915. The van der Waals surface area contributed by atoms with Gasteiger partial charge in [0.25, 0.3) is 0 Å². The predicted octanol–water partition coefficient (Wildman–Crippen LogP) is 1.57. The van der Waals surface area contributed by atoms with Crippen molar-refractivity contribution in [2.45, 2.75) is 6.36 Å². The first kappa shape index (κ1) is 15.3. The lowest BCUT2D eigenvalue weighted by Gasteiger charge is -2.09. The molecule has 0 bridgehead atoms. The van der Waals surface area contributed by atoms with Gasteiger partial charge in [-0.15, -0.1) is 13.2 Å². The van der Waals surface area contributed by atoms with E-state index >= 15 is 0 Å². The molecule has 5 nitrogen and oxygen atoms in total. The lowest BCUT2D eigenvalue weighted by molar-refractivity contribution is -0.274. The van der Waals surface area contributed by atoms with Gasteiger partial charge in [-0.2, -0.15) is 0 Å². The molecule has 0 aliphatic carbocycles. The van der Waals surface area contributed by atoms with Crippen LogP contribution in [0.25, 0.3) is 0 Å². The fraction of sp³-hybridized carbons (Fsp3) is 0.300. The number of nitrogens with one attached hydrogen (secondary N) is 1. The molecule has 0 radical (unpaired) electrons. The van der Waals surface area contributed by atoms with Crippen LogP contribution in [0.2, 0.25) is 0 Å². The molecule has 1 aromatic rings. The maximum Gasteiger partial charge on any atom is 0.573 e. The van der Waals surface area contributed by atoms with E-state index in [1.165, 1.54) is 12.1 Å². The molecule has 0 heterocycles. The number of carbonyl (C=O) groups excluding carboxylic acids is 1. The molecule has 1 rings (SSSR count). The Labute approximate surface area is 107 Å². The summed E-state index contributed by atoms with van der Waals surface area (Å²) in [5.74, 6) is -1.91. The standard InChI is InChI=1S/C10H10F3NO4S/c1-19(16,17)6-9(15)14-7-2-4-8(5-3-7)18-10(11,12)13/h2-5H,6H2,1H3,(H,14,15). The highest BCUT2D eigenvalue weighted by atomic mass is 32.2. The molecule has 0 aliphatic rings. The van der Waals surface area contributed by atoms with E-state index in [-0.39, 0.29) is 5.69 Å². The third-order valence-electron chi connectivity index (χ3n) is 1.76. The first-order chi connectivity index (χ1) is 8.55. The molecule has 0 saturated heterocycles. The molecule has 0 atom stereocenters. The largest absolute Gasteiger partial charge is 0.573 e. The molecule has 1 amide bonds. The topological polar surface area (TPSA) is 72.5 Å². The molecule has 0 aromatic heterocycles. The van der Waals surface area contributed by atoms with Crippen molar-refractivity contribution in [3.05, 3.63) is 24.3 Å². The van der Waals surface area contributed by atoms with Crippen LogP contribution in [0.1, 0.15) is 0 Å². The first-order valence-electron chi connectivity index (χ1n) is 4.88. The highest BCUT2D eigenvalue weighted by Gasteiger charge is 2.30. The summed E-state index contributed by atoms with van der Waals surface area (Å²) in [5, 5.41) is 2.23. The minimum absolute atomic E-state index is 0.170. The lowest BCUT2D eigenvalue weighted by Crippen LogP contribution is -2.22. The number of ether oxygens (including phenoxy) is 1. The smallest absolute Gasteiger partial charge is 0.406 e. The van der Waals surface area contributed by atoms with E-state index < -0.39 is 33.6 Å². The molecule has 0 saturated carbocycles. The van der Waals surface area contributed by atoms with Gasteiger partial charge >= 0.3 is 6.36 Å². The van der Waals surface area contributed by atoms with Crippen LogP contribution >= 0.6 is 0 Å². The number of rotatable bonds is 4. The van der Waals surface area contributed by atoms with Crippen LogP contribution in [0.4, 0.5) is 18.9 Å². The van der Waals surface area contributed by atoms with Gasteiger partial charge in [0.2, 0.25) is 5.91 Å². The molecule has 19 heavy (non-hydrogen) atoms. The summed E-state index contributed by atoms with van der Waals surface area (Å²) >= 11 is 0. The lowest BCUT2D eigenvalue weighted by atomic mass is 10.3. The van der Waals surface area contributed by atoms with E-state index in [2.05, 4.69) is 10.1 Å². The van der Waals surface area contributed by atoms with E-state index in [0.717, 1.165) is 18.4 Å². The van der Waals surface area contributed by atoms with E-state index in [9.17, 15) is 26.4 Å². The molecule has 0 aliphatic heterocycles. The van der Waals surface area contributed by atoms with Crippen LogP contribution in [0.15, 0.2) is 24.3 Å². The molecule has 1 N–H and O–H groups in total. The van der Waals surface area contributed by atoms with Crippen LogP contribution in [-0.4, -0.2) is 32.7 Å². The number of sulfone groups is 1. The van der Waals surface area contributed by atoms with E-state index in [1.807, 2.05) is 0 Å². The van der Waals surface area contributed by atoms with Crippen molar-refractivity contribution < 1.29 is 31.1 Å². The van der Waals surface area contributed by atoms with Gasteiger partial charge in [-0.1, -0.05) is 0 Å². The molecule has 0 unspecified atom stereocenters. The van der Waals surface area contributed by atoms with Crippen molar-refractivity contribution in [2.75, 3.05) is 17.3 Å². The number of alkyl halides is 3. The summed E-state index contributed by atoms with van der Waals surface area (Å²) in [5.41, 5.74) is 0.170. The molecule has 0 fully saturated rings. The monoisotopic (exact) mass is 297 g/mol. The second kappa shape index (κ2) is 5.47. The van der Waals surface area contributed by atoms with Gasteiger partial charge in [0.1, 0.15) is 11.5 Å². The van der Waals surface area contributed by atoms with E-state index in [0.29, 0.717) is 0 Å². The third kappa shape index (κ3) is 6.65. The minimum atomic E-state index is -4.79. The highest BCUT2D eigenvalue weighted by Crippen LogP contribution is 2.23. The van der Waals surface area contributed by atoms with Gasteiger partial charge in [-0.25, -0.2) is 8.42 Å². The number of anilines is 1. The van der Waals surface area contributed by atoms with Crippen LogP contribution in [-0.2, 0) is 14.6 Å². The van der Waals surface area contributed by atoms with Gasteiger partial charge in [-0.3, -0.25) is 4.79 Å². The molecular formula is C10H10F3NO4S. The van der Waals surface area contributed by atoms with Gasteiger partial charge in [-0.05, 0) is 24.3 Å². The second-order valence-electron chi connectivity index (χ2n) is 3.69. The maximum atomic E-state index is 11.9.